The Labute approximate surface area is 219 Å². The zero-order valence-electron chi connectivity index (χ0n) is 20.0. The highest BCUT2D eigenvalue weighted by atomic mass is 32.2. The van der Waals surface area contributed by atoms with Crippen molar-refractivity contribution in [2.24, 2.45) is 9.98 Å². The van der Waals surface area contributed by atoms with Gasteiger partial charge in [-0.25, -0.2) is 19.8 Å². The predicted octanol–water partition coefficient (Wildman–Crippen LogP) is 3.10. The second-order valence-electron chi connectivity index (χ2n) is 8.05. The van der Waals surface area contributed by atoms with Gasteiger partial charge in [0.2, 0.25) is 0 Å². The predicted molar refractivity (Wildman–Crippen MR) is 147 cm³/mol. The number of benzene rings is 2. The van der Waals surface area contributed by atoms with E-state index in [0.717, 1.165) is 59.0 Å². The lowest BCUT2D eigenvalue weighted by molar-refractivity contribution is -0.124. The standard InChI is InChI=1S/C26H26N8O2S/c1-3-19-5-4-6-21(13-19)31-25-23-14-22(7-8-24(23)29-17-30-25)37-34-11-9-33(10-12-34)18-28-16-20(15-27-2)26(35)32-36/h1,4-8,13-17,36H,2,9-12,18H2,(H,32,35)(H,29,30,31)/b20-15+,28-16-. The van der Waals surface area contributed by atoms with E-state index in [1.54, 1.807) is 23.8 Å². The Morgan fingerprint density at radius 3 is 2.81 bits per heavy atom. The molecule has 0 unspecified atom stereocenters. The first-order valence-corrected chi connectivity index (χ1v) is 12.2. The number of rotatable bonds is 9. The fourth-order valence-electron chi connectivity index (χ4n) is 3.70. The Hall–Kier alpha value is -4.08. The largest absolute Gasteiger partial charge is 0.340 e. The lowest BCUT2D eigenvalue weighted by Crippen LogP contribution is -2.43. The lowest BCUT2D eigenvalue weighted by atomic mass is 10.2. The number of hydrogen-bond donors (Lipinski definition) is 3. The van der Waals surface area contributed by atoms with Crippen molar-refractivity contribution in [2.45, 2.75) is 4.90 Å². The minimum atomic E-state index is -0.683. The van der Waals surface area contributed by atoms with Gasteiger partial charge >= 0.3 is 0 Å². The minimum Gasteiger partial charge on any atom is -0.340 e. The molecule has 2 aromatic carbocycles. The Kier molecular flexibility index (Phi) is 8.96. The molecule has 1 saturated heterocycles. The highest BCUT2D eigenvalue weighted by Crippen LogP contribution is 2.30. The van der Waals surface area contributed by atoms with Crippen LogP contribution in [-0.2, 0) is 4.79 Å². The number of hydroxylamine groups is 1. The first kappa shape index (κ1) is 26.0. The number of carbonyl (C=O) groups is 1. The first-order valence-electron chi connectivity index (χ1n) is 11.4. The number of terminal acetylenes is 1. The molecule has 0 saturated carbocycles. The molecule has 0 bridgehead atoms. The van der Waals surface area contributed by atoms with Crippen LogP contribution in [0.15, 0.2) is 75.4 Å². The number of fused-ring (bicyclic) bond motifs is 1. The molecule has 1 fully saturated rings. The van der Waals surface area contributed by atoms with Gasteiger partial charge in [-0.1, -0.05) is 12.0 Å². The molecule has 0 atom stereocenters. The molecular formula is C26H26N8O2S. The number of nitrogens with one attached hydrogen (secondary N) is 2. The summed E-state index contributed by atoms with van der Waals surface area (Å²) in [4.78, 5) is 31.6. The average molecular weight is 515 g/mol. The van der Waals surface area contributed by atoms with Gasteiger partial charge in [0.1, 0.15) is 12.1 Å². The van der Waals surface area contributed by atoms with Crippen LogP contribution in [0.5, 0.6) is 0 Å². The molecule has 1 aliphatic heterocycles. The summed E-state index contributed by atoms with van der Waals surface area (Å²) in [6, 6.07) is 13.8. The Bertz CT molecular complexity index is 1380. The maximum Gasteiger partial charge on any atom is 0.277 e. The lowest BCUT2D eigenvalue weighted by Gasteiger charge is -2.32. The van der Waals surface area contributed by atoms with Gasteiger partial charge in [-0.05, 0) is 55.1 Å². The quantitative estimate of drug-likeness (QED) is 0.0996. The molecular weight excluding hydrogens is 488 g/mol. The topological polar surface area (TPSA) is 118 Å². The Morgan fingerprint density at radius 1 is 1.22 bits per heavy atom. The van der Waals surface area contributed by atoms with E-state index in [4.69, 9.17) is 11.6 Å². The fourth-order valence-corrected chi connectivity index (χ4v) is 4.64. The van der Waals surface area contributed by atoms with Crippen molar-refractivity contribution < 1.29 is 10.0 Å². The maximum absolute atomic E-state index is 11.6. The summed E-state index contributed by atoms with van der Waals surface area (Å²) in [5, 5.41) is 13.1. The Balaban J connectivity index is 1.37. The number of carbonyl (C=O) groups excluding carboxylic acids is 1. The van der Waals surface area contributed by atoms with Crippen LogP contribution in [-0.4, -0.2) is 76.1 Å². The summed E-state index contributed by atoms with van der Waals surface area (Å²) in [5.41, 5.74) is 4.22. The van der Waals surface area contributed by atoms with E-state index in [1.807, 2.05) is 30.3 Å². The fraction of sp³-hybridized carbons (Fsp3) is 0.192. The number of aliphatic imine (C=N–C) groups is 2. The van der Waals surface area contributed by atoms with Gasteiger partial charge in [0.15, 0.2) is 0 Å². The van der Waals surface area contributed by atoms with Crippen molar-refractivity contribution in [3.8, 4) is 12.3 Å². The average Bonchev–Trinajstić information content (AvgIpc) is 2.93. The third-order valence-electron chi connectivity index (χ3n) is 5.57. The summed E-state index contributed by atoms with van der Waals surface area (Å²) < 4.78 is 2.31. The normalized spacial score (nSPS) is 15.0. The van der Waals surface area contributed by atoms with Gasteiger partial charge in [-0.3, -0.25) is 24.9 Å². The summed E-state index contributed by atoms with van der Waals surface area (Å²) in [6.45, 7) is 7.10. The molecule has 1 amide bonds. The van der Waals surface area contributed by atoms with Crippen molar-refractivity contribution in [3.63, 3.8) is 0 Å². The minimum absolute atomic E-state index is 0.129. The molecule has 188 valence electrons. The molecule has 1 aromatic heterocycles. The molecule has 0 spiro atoms. The number of aromatic nitrogens is 2. The smallest absolute Gasteiger partial charge is 0.277 e. The van der Waals surface area contributed by atoms with E-state index in [0.29, 0.717) is 6.67 Å². The molecule has 1 aliphatic rings. The molecule has 2 heterocycles. The molecule has 4 rings (SSSR count). The zero-order chi connectivity index (χ0) is 26.0. The zero-order valence-corrected chi connectivity index (χ0v) is 20.9. The van der Waals surface area contributed by atoms with Gasteiger partial charge < -0.3 is 5.32 Å². The van der Waals surface area contributed by atoms with Gasteiger partial charge in [0.05, 0.1) is 17.8 Å². The summed E-state index contributed by atoms with van der Waals surface area (Å²) >= 11 is 1.69. The van der Waals surface area contributed by atoms with E-state index < -0.39 is 5.91 Å². The third kappa shape index (κ3) is 6.99. The number of piperazine rings is 1. The van der Waals surface area contributed by atoms with Gasteiger partial charge in [0.25, 0.3) is 5.91 Å². The number of hydrogen-bond acceptors (Lipinski definition) is 10. The van der Waals surface area contributed by atoms with E-state index in [2.05, 4.69) is 59.2 Å². The molecule has 3 aromatic rings. The van der Waals surface area contributed by atoms with Gasteiger partial charge in [-0.2, -0.15) is 0 Å². The second-order valence-corrected chi connectivity index (χ2v) is 9.22. The summed E-state index contributed by atoms with van der Waals surface area (Å²) in [5.74, 6) is 2.69. The second kappa shape index (κ2) is 12.8. The summed E-state index contributed by atoms with van der Waals surface area (Å²) in [7, 11) is 0. The van der Waals surface area contributed by atoms with Crippen LogP contribution in [0.25, 0.3) is 10.9 Å². The van der Waals surface area contributed by atoms with E-state index >= 15 is 0 Å². The number of amides is 1. The van der Waals surface area contributed by atoms with Crippen LogP contribution in [0.3, 0.4) is 0 Å². The van der Waals surface area contributed by atoms with Crippen LogP contribution in [0.1, 0.15) is 5.56 Å². The molecule has 0 aliphatic carbocycles. The van der Waals surface area contributed by atoms with E-state index in [-0.39, 0.29) is 5.57 Å². The van der Waals surface area contributed by atoms with Crippen molar-refractivity contribution in [3.05, 3.63) is 66.1 Å². The van der Waals surface area contributed by atoms with Crippen LogP contribution in [0.2, 0.25) is 0 Å². The molecule has 37 heavy (non-hydrogen) atoms. The molecule has 11 heteroatoms. The summed E-state index contributed by atoms with van der Waals surface area (Å²) in [6.07, 6.45) is 9.71. The third-order valence-corrected chi connectivity index (χ3v) is 6.66. The Morgan fingerprint density at radius 2 is 2.05 bits per heavy atom. The number of anilines is 2. The highest BCUT2D eigenvalue weighted by Gasteiger charge is 2.18. The first-order chi connectivity index (χ1) is 18.1. The monoisotopic (exact) mass is 514 g/mol. The van der Waals surface area contributed by atoms with Crippen LogP contribution in [0.4, 0.5) is 11.5 Å². The van der Waals surface area contributed by atoms with Crippen LogP contribution >= 0.6 is 11.9 Å². The van der Waals surface area contributed by atoms with E-state index in [9.17, 15) is 4.79 Å². The van der Waals surface area contributed by atoms with Crippen molar-refractivity contribution in [1.29, 1.82) is 0 Å². The van der Waals surface area contributed by atoms with E-state index in [1.165, 1.54) is 12.4 Å². The van der Waals surface area contributed by atoms with Crippen molar-refractivity contribution in [1.82, 2.24) is 24.7 Å². The van der Waals surface area contributed by atoms with Gasteiger partial charge in [0, 0.05) is 60.1 Å². The molecule has 0 radical (unpaired) electrons. The molecule has 3 N–H and O–H groups in total. The SMILES string of the molecule is C#Cc1cccc(Nc2ncnc3ccc(SN4CCN(C/N=C\C(=C/N=C)C(=O)NO)CC4)cc23)c1. The van der Waals surface area contributed by atoms with Crippen LogP contribution in [0, 0.1) is 12.3 Å². The highest BCUT2D eigenvalue weighted by molar-refractivity contribution is 7.97. The van der Waals surface area contributed by atoms with Gasteiger partial charge in [-0.15, -0.1) is 6.42 Å². The molecule has 10 nitrogen and oxygen atoms in total. The van der Waals surface area contributed by atoms with Crippen LogP contribution < -0.4 is 10.8 Å². The van der Waals surface area contributed by atoms with Crippen molar-refractivity contribution >= 4 is 53.2 Å². The maximum atomic E-state index is 11.6. The number of nitrogens with zero attached hydrogens (tertiary/aromatic N) is 6. The van der Waals surface area contributed by atoms with Crippen molar-refractivity contribution in [2.75, 3.05) is 38.2 Å².